The molecule has 3 nitrogen and oxygen atoms in total. The normalized spacial score (nSPS) is 12.3. The van der Waals surface area contributed by atoms with Gasteiger partial charge < -0.3 is 10.4 Å². The molecule has 0 bridgehead atoms. The molecule has 1 atom stereocenters. The summed E-state index contributed by atoms with van der Waals surface area (Å²) in [6.45, 7) is 3.24. The minimum absolute atomic E-state index is 0.119. The lowest BCUT2D eigenvalue weighted by atomic mass is 10.1. The number of hydrogen-bond acceptors (Lipinski definition) is 2. The molecule has 0 aliphatic rings. The largest absolute Gasteiger partial charge is 0.394 e. The number of hydrogen-bond donors (Lipinski definition) is 2. The fourth-order valence-corrected chi connectivity index (χ4v) is 1.23. The molecule has 4 heteroatoms. The molecule has 0 heterocycles. The lowest BCUT2D eigenvalue weighted by Crippen LogP contribution is -2.35. The van der Waals surface area contributed by atoms with Gasteiger partial charge in [0.15, 0.2) is 0 Å². The highest BCUT2D eigenvalue weighted by Gasteiger charge is 2.11. The van der Waals surface area contributed by atoms with Gasteiger partial charge >= 0.3 is 0 Å². The van der Waals surface area contributed by atoms with Crippen LogP contribution < -0.4 is 5.32 Å². The van der Waals surface area contributed by atoms with Crippen LogP contribution in [-0.2, 0) is 0 Å². The van der Waals surface area contributed by atoms with Gasteiger partial charge in [-0.2, -0.15) is 0 Å². The van der Waals surface area contributed by atoms with E-state index >= 15 is 0 Å². The van der Waals surface area contributed by atoms with Gasteiger partial charge in [-0.15, -0.1) is 0 Å². The average Bonchev–Trinajstić information content (AvgIpc) is 2.17. The third kappa shape index (κ3) is 3.02. The molecule has 0 aliphatic heterocycles. The first-order valence-electron chi connectivity index (χ1n) is 4.72. The van der Waals surface area contributed by atoms with E-state index in [2.05, 4.69) is 5.32 Å². The first-order valence-corrected chi connectivity index (χ1v) is 4.72. The first kappa shape index (κ1) is 11.7. The molecule has 0 spiro atoms. The van der Waals surface area contributed by atoms with Crippen LogP contribution >= 0.6 is 0 Å². The van der Waals surface area contributed by atoms with Gasteiger partial charge in [-0.3, -0.25) is 4.79 Å². The monoisotopic (exact) mass is 211 g/mol. The van der Waals surface area contributed by atoms with E-state index in [1.54, 1.807) is 13.8 Å². The number of benzene rings is 1. The molecule has 0 saturated carbocycles. The Morgan fingerprint density at radius 2 is 2.27 bits per heavy atom. The van der Waals surface area contributed by atoms with Crippen molar-refractivity contribution in [3.63, 3.8) is 0 Å². The van der Waals surface area contributed by atoms with Gasteiger partial charge in [0.1, 0.15) is 5.82 Å². The van der Waals surface area contributed by atoms with E-state index in [-0.39, 0.29) is 24.4 Å². The second-order valence-corrected chi connectivity index (χ2v) is 3.52. The summed E-state index contributed by atoms with van der Waals surface area (Å²) in [7, 11) is 0. The molecule has 1 aromatic rings. The Balaban J connectivity index is 2.82. The second-order valence-electron chi connectivity index (χ2n) is 3.52. The van der Waals surface area contributed by atoms with Crippen LogP contribution in [0.5, 0.6) is 0 Å². The van der Waals surface area contributed by atoms with Crippen molar-refractivity contribution in [1.29, 1.82) is 0 Å². The molecule has 0 unspecified atom stereocenters. The molecule has 2 N–H and O–H groups in total. The lowest BCUT2D eigenvalue weighted by Gasteiger charge is -2.12. The van der Waals surface area contributed by atoms with Crippen molar-refractivity contribution in [2.75, 3.05) is 6.61 Å². The second kappa shape index (κ2) is 4.89. The van der Waals surface area contributed by atoms with E-state index in [9.17, 15) is 9.18 Å². The molecule has 15 heavy (non-hydrogen) atoms. The summed E-state index contributed by atoms with van der Waals surface area (Å²) in [6.07, 6.45) is 0. The molecule has 0 aromatic heterocycles. The maximum absolute atomic E-state index is 12.8. The molecule has 0 aliphatic carbocycles. The van der Waals surface area contributed by atoms with Gasteiger partial charge in [-0.1, -0.05) is 0 Å². The van der Waals surface area contributed by atoms with Crippen LogP contribution in [0.25, 0.3) is 0 Å². The summed E-state index contributed by atoms with van der Waals surface area (Å²) < 4.78 is 12.8. The van der Waals surface area contributed by atoms with Crippen molar-refractivity contribution in [2.45, 2.75) is 19.9 Å². The fraction of sp³-hybridized carbons (Fsp3) is 0.364. The summed E-state index contributed by atoms with van der Waals surface area (Å²) in [4.78, 5) is 11.6. The molecule has 1 rings (SSSR count). The SMILES string of the molecule is Cc1cc(F)ccc1C(=O)N[C@H](C)CO. The lowest BCUT2D eigenvalue weighted by molar-refractivity contribution is 0.0921. The van der Waals surface area contributed by atoms with E-state index in [1.807, 2.05) is 0 Å². The highest BCUT2D eigenvalue weighted by Crippen LogP contribution is 2.09. The average molecular weight is 211 g/mol. The van der Waals surface area contributed by atoms with E-state index in [0.717, 1.165) is 0 Å². The zero-order valence-electron chi connectivity index (χ0n) is 8.75. The van der Waals surface area contributed by atoms with Crippen LogP contribution in [0.3, 0.4) is 0 Å². The Hall–Kier alpha value is -1.42. The molecule has 1 amide bonds. The third-order valence-corrected chi connectivity index (χ3v) is 2.08. The standard InChI is InChI=1S/C11H14FNO2/c1-7-5-9(12)3-4-10(7)11(15)13-8(2)6-14/h3-5,8,14H,6H2,1-2H3,(H,13,15)/t8-/m1/s1. The van der Waals surface area contributed by atoms with Crippen LogP contribution in [0.2, 0.25) is 0 Å². The van der Waals surface area contributed by atoms with Crippen LogP contribution in [0, 0.1) is 12.7 Å². The van der Waals surface area contributed by atoms with Crippen molar-refractivity contribution in [2.24, 2.45) is 0 Å². The molecule has 1 aromatic carbocycles. The smallest absolute Gasteiger partial charge is 0.251 e. The summed E-state index contributed by atoms with van der Waals surface area (Å²) in [6, 6.07) is 3.68. The topological polar surface area (TPSA) is 49.3 Å². The maximum atomic E-state index is 12.8. The highest BCUT2D eigenvalue weighted by molar-refractivity contribution is 5.95. The van der Waals surface area contributed by atoms with Gasteiger partial charge in [0.25, 0.3) is 5.91 Å². The molecule has 0 radical (unpaired) electrons. The number of carbonyl (C=O) groups is 1. The summed E-state index contributed by atoms with van der Waals surface area (Å²) in [5.74, 6) is -0.659. The minimum atomic E-state index is -0.362. The maximum Gasteiger partial charge on any atom is 0.251 e. The summed E-state index contributed by atoms with van der Waals surface area (Å²) in [5, 5.41) is 11.4. The van der Waals surface area contributed by atoms with Gasteiger partial charge in [-0.05, 0) is 37.6 Å². The number of nitrogens with one attached hydrogen (secondary N) is 1. The number of amides is 1. The van der Waals surface area contributed by atoms with E-state index in [0.29, 0.717) is 11.1 Å². The number of carbonyl (C=O) groups excluding carboxylic acids is 1. The van der Waals surface area contributed by atoms with Gasteiger partial charge in [0.2, 0.25) is 0 Å². The molecule has 0 saturated heterocycles. The Labute approximate surface area is 87.9 Å². The Morgan fingerprint density at radius 3 is 2.80 bits per heavy atom. The molecular weight excluding hydrogens is 197 g/mol. The van der Waals surface area contributed by atoms with Crippen LogP contribution in [0.1, 0.15) is 22.8 Å². The first-order chi connectivity index (χ1) is 7.04. The Bertz CT molecular complexity index is 366. The predicted molar refractivity (Wildman–Crippen MR) is 55.2 cm³/mol. The van der Waals surface area contributed by atoms with Crippen molar-refractivity contribution in [3.8, 4) is 0 Å². The van der Waals surface area contributed by atoms with E-state index < -0.39 is 0 Å². The fourth-order valence-electron chi connectivity index (χ4n) is 1.23. The van der Waals surface area contributed by atoms with E-state index in [1.165, 1.54) is 18.2 Å². The minimum Gasteiger partial charge on any atom is -0.394 e. The number of aliphatic hydroxyl groups is 1. The number of halogens is 1. The zero-order valence-corrected chi connectivity index (χ0v) is 8.75. The number of rotatable bonds is 3. The Morgan fingerprint density at radius 1 is 1.60 bits per heavy atom. The van der Waals surface area contributed by atoms with Crippen LogP contribution in [0.4, 0.5) is 4.39 Å². The predicted octanol–water partition coefficient (Wildman–Crippen LogP) is 1.24. The quantitative estimate of drug-likeness (QED) is 0.790. The van der Waals surface area contributed by atoms with Crippen LogP contribution in [0.15, 0.2) is 18.2 Å². The van der Waals surface area contributed by atoms with Crippen LogP contribution in [-0.4, -0.2) is 23.7 Å². The molecule has 0 fully saturated rings. The van der Waals surface area contributed by atoms with Gasteiger partial charge in [0.05, 0.1) is 6.61 Å². The number of aryl methyl sites for hydroxylation is 1. The van der Waals surface area contributed by atoms with Gasteiger partial charge in [-0.25, -0.2) is 4.39 Å². The Kier molecular flexibility index (Phi) is 3.80. The summed E-state index contributed by atoms with van der Waals surface area (Å²) in [5.41, 5.74) is 1.01. The van der Waals surface area contributed by atoms with Crippen molar-refractivity contribution in [1.82, 2.24) is 5.32 Å². The molecular formula is C11H14FNO2. The summed E-state index contributed by atoms with van der Waals surface area (Å²) >= 11 is 0. The van der Waals surface area contributed by atoms with Crippen molar-refractivity contribution in [3.05, 3.63) is 35.1 Å². The van der Waals surface area contributed by atoms with E-state index in [4.69, 9.17) is 5.11 Å². The zero-order chi connectivity index (χ0) is 11.4. The highest BCUT2D eigenvalue weighted by atomic mass is 19.1. The van der Waals surface area contributed by atoms with Crippen molar-refractivity contribution >= 4 is 5.91 Å². The molecule has 82 valence electrons. The van der Waals surface area contributed by atoms with Crippen molar-refractivity contribution < 1.29 is 14.3 Å². The third-order valence-electron chi connectivity index (χ3n) is 2.08. The van der Waals surface area contributed by atoms with Gasteiger partial charge in [0, 0.05) is 11.6 Å². The number of aliphatic hydroxyl groups excluding tert-OH is 1.